The van der Waals surface area contributed by atoms with Crippen molar-refractivity contribution in [3.05, 3.63) is 101 Å². The summed E-state index contributed by atoms with van der Waals surface area (Å²) in [4.78, 5) is 0. The highest BCUT2D eigenvalue weighted by Crippen LogP contribution is 2.17. The third-order valence-corrected chi connectivity index (χ3v) is 5.32. The Balaban J connectivity index is 1.41. The summed E-state index contributed by atoms with van der Waals surface area (Å²) in [6.45, 7) is 3.77. The van der Waals surface area contributed by atoms with Gasteiger partial charge in [0.05, 0.1) is 19.8 Å². The van der Waals surface area contributed by atoms with E-state index in [9.17, 15) is 5.11 Å². The van der Waals surface area contributed by atoms with Crippen molar-refractivity contribution in [2.75, 3.05) is 13.2 Å². The van der Waals surface area contributed by atoms with Crippen LogP contribution in [-0.4, -0.2) is 18.3 Å². The van der Waals surface area contributed by atoms with Gasteiger partial charge in [-0.25, -0.2) is 0 Å². The molecule has 3 rings (SSSR count). The zero-order valence-electron chi connectivity index (χ0n) is 19.0. The molecule has 32 heavy (non-hydrogen) atoms. The predicted molar refractivity (Wildman–Crippen MR) is 133 cm³/mol. The van der Waals surface area contributed by atoms with Crippen LogP contribution in [0.15, 0.2) is 78.9 Å². The first-order valence-electron chi connectivity index (χ1n) is 11.6. The van der Waals surface area contributed by atoms with Gasteiger partial charge >= 0.3 is 0 Å². The highest BCUT2D eigenvalue weighted by atomic mass is 16.5. The Morgan fingerprint density at radius 1 is 0.781 bits per heavy atom. The molecule has 0 saturated heterocycles. The first kappa shape index (κ1) is 23.8. The molecule has 3 nitrogen and oxygen atoms in total. The second kappa shape index (κ2) is 13.5. The predicted octanol–water partition coefficient (Wildman–Crippen LogP) is 7.07. The van der Waals surface area contributed by atoms with Gasteiger partial charge in [0.15, 0.2) is 0 Å². The van der Waals surface area contributed by atoms with E-state index in [4.69, 9.17) is 9.47 Å². The summed E-state index contributed by atoms with van der Waals surface area (Å²) < 4.78 is 11.5. The molecule has 0 bridgehead atoms. The molecule has 3 heteroatoms. The van der Waals surface area contributed by atoms with E-state index in [2.05, 4.69) is 55.5 Å². The first-order chi connectivity index (χ1) is 15.7. The Morgan fingerprint density at radius 2 is 1.44 bits per heavy atom. The SMILES string of the molecule is CCCCCCOc1ccc(/C=C/c2ccc(COCC(O)c3ccccc3)cc2)cc1. The first-order valence-corrected chi connectivity index (χ1v) is 11.6. The molecule has 0 heterocycles. The molecular formula is C29H34O3. The average molecular weight is 431 g/mol. The summed E-state index contributed by atoms with van der Waals surface area (Å²) in [5, 5.41) is 10.2. The van der Waals surface area contributed by atoms with Gasteiger partial charge in [-0.05, 0) is 40.8 Å². The molecule has 0 amide bonds. The van der Waals surface area contributed by atoms with Gasteiger partial charge in [0, 0.05) is 0 Å². The summed E-state index contributed by atoms with van der Waals surface area (Å²) in [7, 11) is 0. The minimum Gasteiger partial charge on any atom is -0.494 e. The maximum atomic E-state index is 10.2. The van der Waals surface area contributed by atoms with Crippen molar-refractivity contribution in [2.45, 2.75) is 45.3 Å². The molecule has 168 valence electrons. The van der Waals surface area contributed by atoms with Crippen LogP contribution in [0.25, 0.3) is 12.2 Å². The molecule has 0 fully saturated rings. The van der Waals surface area contributed by atoms with Crippen molar-refractivity contribution in [1.29, 1.82) is 0 Å². The zero-order valence-corrected chi connectivity index (χ0v) is 19.0. The minimum absolute atomic E-state index is 0.282. The van der Waals surface area contributed by atoms with Crippen molar-refractivity contribution in [2.24, 2.45) is 0 Å². The molecule has 3 aromatic carbocycles. The summed E-state index contributed by atoms with van der Waals surface area (Å²) in [6.07, 6.45) is 8.48. The van der Waals surface area contributed by atoms with Gasteiger partial charge in [-0.3, -0.25) is 0 Å². The smallest absolute Gasteiger partial charge is 0.119 e. The Bertz CT molecular complexity index is 915. The van der Waals surface area contributed by atoms with Crippen LogP contribution in [0.5, 0.6) is 5.75 Å². The minimum atomic E-state index is -0.601. The molecule has 0 saturated carbocycles. The summed E-state index contributed by atoms with van der Waals surface area (Å²) >= 11 is 0. The topological polar surface area (TPSA) is 38.7 Å². The number of aliphatic hydroxyl groups is 1. The van der Waals surface area contributed by atoms with Crippen LogP contribution in [0, 0.1) is 0 Å². The van der Waals surface area contributed by atoms with Crippen molar-refractivity contribution < 1.29 is 14.6 Å². The van der Waals surface area contributed by atoms with Crippen molar-refractivity contribution in [3.63, 3.8) is 0 Å². The van der Waals surface area contributed by atoms with E-state index in [0.717, 1.165) is 41.0 Å². The van der Waals surface area contributed by atoms with Gasteiger partial charge in [-0.2, -0.15) is 0 Å². The van der Waals surface area contributed by atoms with E-state index in [-0.39, 0.29) is 6.61 Å². The third-order valence-electron chi connectivity index (χ3n) is 5.32. The fourth-order valence-electron chi connectivity index (χ4n) is 3.37. The molecular weight excluding hydrogens is 396 g/mol. The number of hydrogen-bond donors (Lipinski definition) is 1. The number of ether oxygens (including phenoxy) is 2. The van der Waals surface area contributed by atoms with Crippen LogP contribution < -0.4 is 4.74 Å². The van der Waals surface area contributed by atoms with Crippen LogP contribution in [0.1, 0.15) is 61.0 Å². The van der Waals surface area contributed by atoms with E-state index in [1.165, 1.54) is 19.3 Å². The number of benzene rings is 3. The van der Waals surface area contributed by atoms with E-state index >= 15 is 0 Å². The van der Waals surface area contributed by atoms with E-state index < -0.39 is 6.10 Å². The summed E-state index contributed by atoms with van der Waals surface area (Å²) in [5.74, 6) is 0.931. The fraction of sp³-hybridized carbons (Fsp3) is 0.310. The average Bonchev–Trinajstić information content (AvgIpc) is 2.84. The van der Waals surface area contributed by atoms with Crippen LogP contribution >= 0.6 is 0 Å². The second-order valence-corrected chi connectivity index (χ2v) is 7.99. The van der Waals surface area contributed by atoms with Gasteiger partial charge in [0.1, 0.15) is 11.9 Å². The molecule has 1 N–H and O–H groups in total. The molecule has 0 aliphatic rings. The lowest BCUT2D eigenvalue weighted by molar-refractivity contribution is 0.0277. The van der Waals surface area contributed by atoms with Gasteiger partial charge < -0.3 is 14.6 Å². The highest BCUT2D eigenvalue weighted by Gasteiger charge is 2.06. The van der Waals surface area contributed by atoms with Crippen LogP contribution in [0.4, 0.5) is 0 Å². The zero-order chi connectivity index (χ0) is 22.4. The summed E-state index contributed by atoms with van der Waals surface area (Å²) in [6, 6.07) is 26.1. The lowest BCUT2D eigenvalue weighted by Gasteiger charge is -2.11. The van der Waals surface area contributed by atoms with Crippen molar-refractivity contribution in [3.8, 4) is 5.75 Å². The molecule has 1 unspecified atom stereocenters. The van der Waals surface area contributed by atoms with Crippen LogP contribution in [0.2, 0.25) is 0 Å². The maximum Gasteiger partial charge on any atom is 0.119 e. The van der Waals surface area contributed by atoms with E-state index in [1.807, 2.05) is 42.5 Å². The highest BCUT2D eigenvalue weighted by molar-refractivity contribution is 5.69. The largest absolute Gasteiger partial charge is 0.494 e. The van der Waals surface area contributed by atoms with Gasteiger partial charge in [0.2, 0.25) is 0 Å². The van der Waals surface area contributed by atoms with Gasteiger partial charge in [-0.1, -0.05) is 105 Å². The monoisotopic (exact) mass is 430 g/mol. The number of aliphatic hydroxyl groups excluding tert-OH is 1. The maximum absolute atomic E-state index is 10.2. The van der Waals surface area contributed by atoms with Crippen LogP contribution in [0.3, 0.4) is 0 Å². The second-order valence-electron chi connectivity index (χ2n) is 7.99. The van der Waals surface area contributed by atoms with Crippen molar-refractivity contribution in [1.82, 2.24) is 0 Å². The number of hydrogen-bond acceptors (Lipinski definition) is 3. The molecule has 3 aromatic rings. The Kier molecular flexibility index (Phi) is 10.0. The lowest BCUT2D eigenvalue weighted by Crippen LogP contribution is -2.07. The quantitative estimate of drug-likeness (QED) is 0.233. The standard InChI is InChI=1S/C29H34O3/c1-2-3-4-8-21-32-28-19-17-25(18-20-28)12-11-24-13-15-26(16-14-24)22-31-23-29(30)27-9-6-5-7-10-27/h5-7,9-20,29-30H,2-4,8,21-23H2,1H3/b12-11+. The molecule has 1 atom stereocenters. The number of unbranched alkanes of at least 4 members (excludes halogenated alkanes) is 3. The van der Waals surface area contributed by atoms with Crippen LogP contribution in [-0.2, 0) is 11.3 Å². The van der Waals surface area contributed by atoms with Crippen molar-refractivity contribution >= 4 is 12.2 Å². The third kappa shape index (κ3) is 8.33. The number of rotatable bonds is 13. The van der Waals surface area contributed by atoms with E-state index in [0.29, 0.717) is 6.61 Å². The van der Waals surface area contributed by atoms with Gasteiger partial charge in [-0.15, -0.1) is 0 Å². The van der Waals surface area contributed by atoms with Gasteiger partial charge in [0.25, 0.3) is 0 Å². The molecule has 0 aromatic heterocycles. The normalized spacial score (nSPS) is 12.2. The molecule has 0 aliphatic carbocycles. The summed E-state index contributed by atoms with van der Waals surface area (Å²) in [5.41, 5.74) is 4.24. The molecule has 0 radical (unpaired) electrons. The fourth-order valence-corrected chi connectivity index (χ4v) is 3.37. The van der Waals surface area contributed by atoms with E-state index in [1.54, 1.807) is 0 Å². The molecule has 0 spiro atoms. The lowest BCUT2D eigenvalue weighted by atomic mass is 10.1. The Labute approximate surface area is 192 Å². The Morgan fingerprint density at radius 3 is 2.09 bits per heavy atom. The Hall–Kier alpha value is -2.88. The molecule has 0 aliphatic heterocycles.